The van der Waals surface area contributed by atoms with Crippen molar-refractivity contribution >= 4 is 57.6 Å². The largest absolute Gasteiger partial charge is 0.463 e. The molecule has 4 aromatic rings. The number of nitrogens with two attached hydrogens (primary N) is 1. The van der Waals surface area contributed by atoms with E-state index in [-0.39, 0.29) is 13.2 Å². The maximum absolute atomic E-state index is 13.1. The van der Waals surface area contributed by atoms with Gasteiger partial charge in [0.05, 0.1) is 30.9 Å². The van der Waals surface area contributed by atoms with Gasteiger partial charge in [-0.15, -0.1) is 0 Å². The van der Waals surface area contributed by atoms with Crippen LogP contribution in [0.15, 0.2) is 84.9 Å². The van der Waals surface area contributed by atoms with E-state index in [0.717, 1.165) is 32.7 Å². The van der Waals surface area contributed by atoms with E-state index in [4.69, 9.17) is 29.6 Å². The van der Waals surface area contributed by atoms with Crippen LogP contribution in [0.4, 0.5) is 0 Å². The Labute approximate surface area is 269 Å². The maximum atomic E-state index is 13.1. The number of hydrogen-bond acceptors (Lipinski definition) is 11. The number of carbonyl (C=O) groups excluding carboxylic acids is 4. The smallest absolute Gasteiger partial charge is 0.349 e. The van der Waals surface area contributed by atoms with Gasteiger partial charge in [0.25, 0.3) is 0 Å². The highest BCUT2D eigenvalue weighted by Gasteiger charge is 2.51. The normalized spacial score (nSPS) is 20.5. The van der Waals surface area contributed by atoms with Crippen LogP contribution < -0.4 is 5.90 Å². The molecule has 3 unspecified atom stereocenters. The van der Waals surface area contributed by atoms with Crippen molar-refractivity contribution in [3.63, 3.8) is 0 Å². The molecular weight excluding hydrogens is 606 g/mol. The molecule has 6 rings (SSSR count). The minimum atomic E-state index is -0.672. The first-order valence-electron chi connectivity index (χ1n) is 15.0. The van der Waals surface area contributed by atoms with Crippen molar-refractivity contribution in [2.45, 2.75) is 31.3 Å². The quantitative estimate of drug-likeness (QED) is 0.119. The van der Waals surface area contributed by atoms with Gasteiger partial charge in [0, 0.05) is 12.2 Å². The zero-order valence-electron chi connectivity index (χ0n) is 25.3. The minimum absolute atomic E-state index is 0.104. The molecule has 0 spiro atoms. The average molecular weight is 638 g/mol. The first-order chi connectivity index (χ1) is 22.8. The van der Waals surface area contributed by atoms with Gasteiger partial charge < -0.3 is 28.5 Å². The molecule has 2 fully saturated rings. The van der Waals surface area contributed by atoms with Gasteiger partial charge in [-0.1, -0.05) is 36.4 Å². The molecule has 0 aliphatic carbocycles. The Bertz CT molecular complexity index is 1910. The van der Waals surface area contributed by atoms with E-state index in [1.807, 2.05) is 36.4 Å². The lowest BCUT2D eigenvalue weighted by molar-refractivity contribution is -0.138. The van der Waals surface area contributed by atoms with Crippen LogP contribution in [0.5, 0.6) is 0 Å². The third-order valence-electron chi connectivity index (χ3n) is 7.91. The lowest BCUT2D eigenvalue weighted by atomic mass is 10.0. The Morgan fingerprint density at radius 3 is 1.60 bits per heavy atom. The van der Waals surface area contributed by atoms with Gasteiger partial charge in [0.2, 0.25) is 0 Å². The van der Waals surface area contributed by atoms with E-state index in [9.17, 15) is 19.2 Å². The minimum Gasteiger partial charge on any atom is -0.463 e. The van der Waals surface area contributed by atoms with Gasteiger partial charge in [-0.2, -0.15) is 5.90 Å². The molecule has 2 N–H and O–H groups in total. The number of carbonyl (C=O) groups is 4. The molecular formula is C36H31NO10. The first kappa shape index (κ1) is 31.6. The molecule has 0 aromatic heterocycles. The Balaban J connectivity index is 1.05. The first-order valence-corrected chi connectivity index (χ1v) is 15.0. The van der Waals surface area contributed by atoms with E-state index in [2.05, 4.69) is 4.84 Å². The van der Waals surface area contributed by atoms with Crippen LogP contribution in [0.2, 0.25) is 0 Å². The fraction of sp³-hybridized carbons (Fsp3) is 0.222. The van der Waals surface area contributed by atoms with E-state index in [0.29, 0.717) is 17.7 Å². The lowest BCUT2D eigenvalue weighted by Crippen LogP contribution is -2.36. The fourth-order valence-corrected chi connectivity index (χ4v) is 5.59. The van der Waals surface area contributed by atoms with Gasteiger partial charge in [-0.25, -0.2) is 19.2 Å². The van der Waals surface area contributed by atoms with Crippen LogP contribution in [-0.2, 0) is 38.1 Å². The van der Waals surface area contributed by atoms with Gasteiger partial charge in [-0.3, -0.25) is 0 Å². The maximum Gasteiger partial charge on any atom is 0.349 e. The Kier molecular flexibility index (Phi) is 9.39. The molecule has 2 saturated heterocycles. The molecule has 240 valence electrons. The number of rotatable bonds is 9. The summed E-state index contributed by atoms with van der Waals surface area (Å²) in [4.78, 5) is 53.1. The number of fused-ring (bicyclic) bond motifs is 3. The van der Waals surface area contributed by atoms with Crippen molar-refractivity contribution in [1.82, 2.24) is 0 Å². The third-order valence-corrected chi connectivity index (χ3v) is 7.91. The van der Waals surface area contributed by atoms with E-state index < -0.39 is 48.3 Å². The monoisotopic (exact) mass is 637 g/mol. The van der Waals surface area contributed by atoms with Crippen LogP contribution in [0.1, 0.15) is 38.8 Å². The summed E-state index contributed by atoms with van der Waals surface area (Å²) >= 11 is 0. The van der Waals surface area contributed by atoms with E-state index in [1.54, 1.807) is 55.5 Å². The third kappa shape index (κ3) is 7.23. The summed E-state index contributed by atoms with van der Waals surface area (Å²) in [5.74, 6) is 2.72. The molecule has 2 heterocycles. The Morgan fingerprint density at radius 1 is 0.681 bits per heavy atom. The van der Waals surface area contributed by atoms with Crippen LogP contribution in [-0.4, -0.2) is 68.1 Å². The number of hydrogen-bond donors (Lipinski definition) is 1. The molecule has 4 atom stereocenters. The van der Waals surface area contributed by atoms with E-state index >= 15 is 0 Å². The standard InChI is InChI=1S/C36H31NO10/c1-2-42-31(38)13-5-21-3-7-25-17-27(11-9-23(25)15-21)35(40)45-29-19-43-34-30(20-44-33(29)34)46-36(41)28-12-10-24-16-22(4-8-26(24)18-28)6-14-32(39)47-37/h3-18,29-30,33-34H,2,19-20,37H2,1H3/b13-5+,14-6+/t29-,30?,33?,34?/m0/s1. The lowest BCUT2D eigenvalue weighted by Gasteiger charge is -2.17. The summed E-state index contributed by atoms with van der Waals surface area (Å²) < 4.78 is 28.2. The van der Waals surface area contributed by atoms with Gasteiger partial charge in [0.15, 0.2) is 12.2 Å². The molecule has 11 heteroatoms. The average Bonchev–Trinajstić information content (AvgIpc) is 3.68. The van der Waals surface area contributed by atoms with Crippen molar-refractivity contribution in [3.05, 3.63) is 107 Å². The second-order valence-electron chi connectivity index (χ2n) is 11.0. The van der Waals surface area contributed by atoms with Gasteiger partial charge >= 0.3 is 23.9 Å². The van der Waals surface area contributed by atoms with Crippen molar-refractivity contribution in [3.8, 4) is 0 Å². The highest BCUT2D eigenvalue weighted by Crippen LogP contribution is 2.32. The SMILES string of the molecule is CCOC(=O)/C=C/c1ccc2cc(C(=O)O[C@H]3COC4C(OC(=O)c5ccc6cc(/C=C/C(=O)ON)ccc6c5)COC43)ccc2c1. The Hall–Kier alpha value is -5.36. The predicted molar refractivity (Wildman–Crippen MR) is 171 cm³/mol. The van der Waals surface area contributed by atoms with Crippen LogP contribution in [0, 0.1) is 0 Å². The van der Waals surface area contributed by atoms with Crippen molar-refractivity contribution in [2.24, 2.45) is 5.90 Å². The summed E-state index contributed by atoms with van der Waals surface area (Å²) in [5, 5.41) is 3.39. The molecule has 0 saturated carbocycles. The molecule has 0 radical (unpaired) electrons. The highest BCUT2D eigenvalue weighted by molar-refractivity contribution is 5.97. The molecule has 11 nitrogen and oxygen atoms in total. The Morgan fingerprint density at radius 2 is 1.13 bits per heavy atom. The molecule has 2 aliphatic rings. The summed E-state index contributed by atoms with van der Waals surface area (Å²) in [5.41, 5.74) is 2.31. The van der Waals surface area contributed by atoms with Gasteiger partial charge in [0.1, 0.15) is 12.2 Å². The summed E-state index contributed by atoms with van der Waals surface area (Å²) in [6.45, 7) is 2.26. The highest BCUT2D eigenvalue weighted by atomic mass is 16.7. The van der Waals surface area contributed by atoms with Gasteiger partial charge in [-0.05, 0) is 88.1 Å². The van der Waals surface area contributed by atoms with Crippen LogP contribution in [0.3, 0.4) is 0 Å². The summed E-state index contributed by atoms with van der Waals surface area (Å²) in [6.07, 6.45) is 3.34. The predicted octanol–water partition coefficient (Wildman–Crippen LogP) is 4.55. The van der Waals surface area contributed by atoms with Crippen molar-refractivity contribution in [1.29, 1.82) is 0 Å². The van der Waals surface area contributed by atoms with Crippen LogP contribution in [0.25, 0.3) is 33.7 Å². The van der Waals surface area contributed by atoms with Crippen molar-refractivity contribution < 1.29 is 47.7 Å². The molecule has 0 amide bonds. The van der Waals surface area contributed by atoms with E-state index in [1.165, 1.54) is 12.2 Å². The number of esters is 3. The molecule has 4 aromatic carbocycles. The number of benzene rings is 4. The molecule has 0 bridgehead atoms. The van der Waals surface area contributed by atoms with Crippen molar-refractivity contribution in [2.75, 3.05) is 19.8 Å². The molecule has 47 heavy (non-hydrogen) atoms. The second-order valence-corrected chi connectivity index (χ2v) is 11.0. The second kappa shape index (κ2) is 14.0. The summed E-state index contributed by atoms with van der Waals surface area (Å²) in [7, 11) is 0. The zero-order chi connectivity index (χ0) is 32.9. The zero-order valence-corrected chi connectivity index (χ0v) is 25.3. The summed E-state index contributed by atoms with van der Waals surface area (Å²) in [6, 6.07) is 21.5. The number of ether oxygens (including phenoxy) is 5. The topological polar surface area (TPSA) is 150 Å². The molecule has 2 aliphatic heterocycles. The van der Waals surface area contributed by atoms with Crippen LogP contribution >= 0.6 is 0 Å². The fourth-order valence-electron chi connectivity index (χ4n) is 5.59.